The van der Waals surface area contributed by atoms with E-state index in [2.05, 4.69) is 27.1 Å². The maximum Gasteiger partial charge on any atom is 0.407 e. The summed E-state index contributed by atoms with van der Waals surface area (Å²) in [5, 5.41) is 2.75. The maximum atomic E-state index is 11.3. The number of carbonyl (C=O) groups excluding carboxylic acids is 1. The number of methoxy groups -OCH3 is 1. The lowest BCUT2D eigenvalue weighted by Crippen LogP contribution is -2.54. The average Bonchev–Trinajstić information content (AvgIpc) is 2.66. The number of carbonyl (C=O) groups is 1. The lowest BCUT2D eigenvalue weighted by molar-refractivity contribution is 0.167. The van der Waals surface area contributed by atoms with Gasteiger partial charge in [0.15, 0.2) is 0 Å². The molecule has 1 fully saturated rings. The van der Waals surface area contributed by atoms with Gasteiger partial charge in [-0.3, -0.25) is 0 Å². The Morgan fingerprint density at radius 1 is 1.11 bits per heavy atom. The van der Waals surface area contributed by atoms with Crippen LogP contribution in [0.5, 0.6) is 11.5 Å². The van der Waals surface area contributed by atoms with Gasteiger partial charge in [0.2, 0.25) is 0 Å². The standard InChI is InChI=1S/C21H26N2O4/c1-4-26-18-11-7-17(8-12-18)23-13-20(14-23)27-19-9-5-16(6-10-19)15(2)22-21(24)25-3/h5-12,15,20H,4,13-14H2,1-3H3,(H,22,24). The number of benzene rings is 2. The van der Waals surface area contributed by atoms with Gasteiger partial charge in [0.25, 0.3) is 0 Å². The first-order chi connectivity index (χ1) is 13.1. The van der Waals surface area contributed by atoms with Gasteiger partial charge in [-0.25, -0.2) is 4.79 Å². The van der Waals surface area contributed by atoms with Crippen LogP contribution in [-0.2, 0) is 4.74 Å². The SMILES string of the molecule is CCOc1ccc(N2CC(Oc3ccc(C(C)NC(=O)OC)cc3)C2)cc1. The second-order valence-corrected chi connectivity index (χ2v) is 6.50. The highest BCUT2D eigenvalue weighted by Gasteiger charge is 2.28. The Labute approximate surface area is 160 Å². The number of alkyl carbamates (subject to hydrolysis) is 1. The predicted octanol–water partition coefficient (Wildman–Crippen LogP) is 3.77. The molecular formula is C21H26N2O4. The molecule has 1 aliphatic rings. The molecule has 2 aromatic carbocycles. The van der Waals surface area contributed by atoms with Gasteiger partial charge in [0.1, 0.15) is 17.6 Å². The molecule has 6 heteroatoms. The molecule has 27 heavy (non-hydrogen) atoms. The van der Waals surface area contributed by atoms with Crippen LogP contribution in [-0.4, -0.2) is 39.0 Å². The van der Waals surface area contributed by atoms with Gasteiger partial charge in [0, 0.05) is 5.69 Å². The van der Waals surface area contributed by atoms with Crippen molar-refractivity contribution in [3.05, 3.63) is 54.1 Å². The van der Waals surface area contributed by atoms with Gasteiger partial charge in [-0.15, -0.1) is 0 Å². The summed E-state index contributed by atoms with van der Waals surface area (Å²) in [4.78, 5) is 13.6. The summed E-state index contributed by atoms with van der Waals surface area (Å²) in [6.45, 7) is 6.28. The van der Waals surface area contributed by atoms with E-state index in [1.165, 1.54) is 12.8 Å². The van der Waals surface area contributed by atoms with Gasteiger partial charge in [-0.1, -0.05) is 12.1 Å². The smallest absolute Gasteiger partial charge is 0.407 e. The molecule has 0 aliphatic carbocycles. The van der Waals surface area contributed by atoms with Gasteiger partial charge in [0.05, 0.1) is 32.8 Å². The van der Waals surface area contributed by atoms with Crippen LogP contribution >= 0.6 is 0 Å². The first-order valence-corrected chi connectivity index (χ1v) is 9.18. The Morgan fingerprint density at radius 3 is 2.33 bits per heavy atom. The van der Waals surface area contributed by atoms with E-state index >= 15 is 0 Å². The first kappa shape index (κ1) is 18.9. The summed E-state index contributed by atoms with van der Waals surface area (Å²) >= 11 is 0. The van der Waals surface area contributed by atoms with Crippen LogP contribution < -0.4 is 19.7 Å². The molecule has 1 unspecified atom stereocenters. The van der Waals surface area contributed by atoms with Gasteiger partial charge < -0.3 is 24.4 Å². The number of hydrogen-bond acceptors (Lipinski definition) is 5. The zero-order chi connectivity index (χ0) is 19.2. The van der Waals surface area contributed by atoms with E-state index in [-0.39, 0.29) is 12.1 Å². The summed E-state index contributed by atoms with van der Waals surface area (Å²) in [7, 11) is 1.36. The molecule has 0 bridgehead atoms. The van der Waals surface area contributed by atoms with E-state index in [1.807, 2.05) is 50.2 Å². The zero-order valence-corrected chi connectivity index (χ0v) is 16.0. The van der Waals surface area contributed by atoms with Crippen LogP contribution in [0, 0.1) is 0 Å². The van der Waals surface area contributed by atoms with Crippen LogP contribution in [0.3, 0.4) is 0 Å². The van der Waals surface area contributed by atoms with Gasteiger partial charge in [-0.05, 0) is 55.8 Å². The summed E-state index contributed by atoms with van der Waals surface area (Å²) in [5.41, 5.74) is 2.17. The monoisotopic (exact) mass is 370 g/mol. The van der Waals surface area contributed by atoms with E-state index in [9.17, 15) is 4.79 Å². The zero-order valence-electron chi connectivity index (χ0n) is 16.0. The largest absolute Gasteiger partial charge is 0.494 e. The molecule has 0 saturated carbocycles. The number of amides is 1. The summed E-state index contributed by atoms with van der Waals surface area (Å²) in [5.74, 6) is 1.73. The van der Waals surface area contributed by atoms with Crippen LogP contribution in [0.25, 0.3) is 0 Å². The number of nitrogens with one attached hydrogen (secondary N) is 1. The molecule has 1 N–H and O–H groups in total. The van der Waals surface area contributed by atoms with Crippen molar-refractivity contribution >= 4 is 11.8 Å². The average molecular weight is 370 g/mol. The molecule has 3 rings (SSSR count). The van der Waals surface area contributed by atoms with Crippen LogP contribution in [0.4, 0.5) is 10.5 Å². The molecule has 1 heterocycles. The van der Waals surface area contributed by atoms with Crippen molar-refractivity contribution in [3.8, 4) is 11.5 Å². The van der Waals surface area contributed by atoms with Crippen molar-refractivity contribution < 1.29 is 19.0 Å². The fraction of sp³-hybridized carbons (Fsp3) is 0.381. The number of hydrogen-bond donors (Lipinski definition) is 1. The summed E-state index contributed by atoms with van der Waals surface area (Å²) in [6.07, 6.45) is -0.264. The van der Waals surface area contributed by atoms with Crippen LogP contribution in [0.15, 0.2) is 48.5 Å². The molecule has 6 nitrogen and oxygen atoms in total. The topological polar surface area (TPSA) is 60.0 Å². The highest BCUT2D eigenvalue weighted by molar-refractivity contribution is 5.67. The Hall–Kier alpha value is -2.89. The van der Waals surface area contributed by atoms with Gasteiger partial charge >= 0.3 is 6.09 Å². The molecule has 1 aliphatic heterocycles. The van der Waals surface area contributed by atoms with E-state index in [4.69, 9.17) is 9.47 Å². The fourth-order valence-corrected chi connectivity index (χ4v) is 2.99. The molecule has 0 aromatic heterocycles. The van der Waals surface area contributed by atoms with Crippen molar-refractivity contribution in [1.29, 1.82) is 0 Å². The minimum atomic E-state index is -0.438. The second kappa shape index (κ2) is 8.66. The Balaban J connectivity index is 1.47. The highest BCUT2D eigenvalue weighted by Crippen LogP contribution is 2.26. The minimum absolute atomic E-state index is 0.120. The van der Waals surface area contributed by atoms with E-state index in [1.54, 1.807) is 0 Å². The normalized spacial score (nSPS) is 14.9. The van der Waals surface area contributed by atoms with E-state index in [0.29, 0.717) is 6.61 Å². The lowest BCUT2D eigenvalue weighted by Gasteiger charge is -2.40. The van der Waals surface area contributed by atoms with Crippen molar-refractivity contribution in [2.75, 3.05) is 31.7 Å². The number of anilines is 1. The number of ether oxygens (including phenoxy) is 3. The van der Waals surface area contributed by atoms with Crippen molar-refractivity contribution in [3.63, 3.8) is 0 Å². The third-order valence-electron chi connectivity index (χ3n) is 4.56. The first-order valence-electron chi connectivity index (χ1n) is 9.18. The van der Waals surface area contributed by atoms with Crippen LogP contribution in [0.1, 0.15) is 25.5 Å². The van der Waals surface area contributed by atoms with Crippen molar-refractivity contribution in [2.45, 2.75) is 26.0 Å². The number of rotatable bonds is 7. The molecule has 0 radical (unpaired) electrons. The molecule has 2 aromatic rings. The summed E-state index contributed by atoms with van der Waals surface area (Å²) in [6, 6.07) is 15.8. The van der Waals surface area contributed by atoms with Crippen molar-refractivity contribution in [2.24, 2.45) is 0 Å². The third kappa shape index (κ3) is 4.84. The minimum Gasteiger partial charge on any atom is -0.494 e. The molecule has 1 saturated heterocycles. The Bertz CT molecular complexity index is 740. The Morgan fingerprint density at radius 2 is 1.74 bits per heavy atom. The van der Waals surface area contributed by atoms with Crippen LogP contribution in [0.2, 0.25) is 0 Å². The lowest BCUT2D eigenvalue weighted by atomic mass is 10.1. The molecule has 144 valence electrons. The van der Waals surface area contributed by atoms with Gasteiger partial charge in [-0.2, -0.15) is 0 Å². The second-order valence-electron chi connectivity index (χ2n) is 6.50. The highest BCUT2D eigenvalue weighted by atomic mass is 16.5. The molecule has 1 amide bonds. The number of nitrogens with zero attached hydrogens (tertiary/aromatic N) is 1. The third-order valence-corrected chi connectivity index (χ3v) is 4.56. The predicted molar refractivity (Wildman–Crippen MR) is 105 cm³/mol. The Kier molecular flexibility index (Phi) is 6.06. The molecular weight excluding hydrogens is 344 g/mol. The fourth-order valence-electron chi connectivity index (χ4n) is 2.99. The summed E-state index contributed by atoms with van der Waals surface area (Å²) < 4.78 is 16.1. The molecule has 0 spiro atoms. The maximum absolute atomic E-state index is 11.3. The van der Waals surface area contributed by atoms with Crippen molar-refractivity contribution in [1.82, 2.24) is 5.32 Å². The van der Waals surface area contributed by atoms with E-state index < -0.39 is 6.09 Å². The molecule has 1 atom stereocenters. The quantitative estimate of drug-likeness (QED) is 0.804. The van der Waals surface area contributed by atoms with E-state index in [0.717, 1.165) is 30.2 Å².